The number of furan rings is 1. The van der Waals surface area contributed by atoms with Crippen LogP contribution < -0.4 is 19.6 Å². The first-order valence-electron chi connectivity index (χ1n) is 12.2. The number of methoxy groups -OCH3 is 1. The predicted octanol–water partition coefficient (Wildman–Crippen LogP) is 4.77. The lowest BCUT2D eigenvalue weighted by atomic mass is 9.95. The molecule has 0 saturated heterocycles. The van der Waals surface area contributed by atoms with Crippen LogP contribution in [0.1, 0.15) is 36.8 Å². The first-order chi connectivity index (χ1) is 18.9. The number of hydrogen-bond acceptors (Lipinski definition) is 9. The molecule has 0 bridgehead atoms. The number of allylic oxidation sites excluding steroid dienone is 1. The molecule has 0 aliphatic carbocycles. The van der Waals surface area contributed by atoms with E-state index in [9.17, 15) is 14.5 Å². The Bertz CT molecular complexity index is 1810. The summed E-state index contributed by atoms with van der Waals surface area (Å²) in [6.45, 7) is 5.45. The predicted molar refractivity (Wildman–Crippen MR) is 148 cm³/mol. The molecule has 1 aliphatic heterocycles. The number of esters is 1. The smallest absolute Gasteiger partial charge is 0.338 e. The second kappa shape index (κ2) is 10.7. The van der Waals surface area contributed by atoms with Gasteiger partial charge in [-0.25, -0.2) is 9.79 Å². The van der Waals surface area contributed by atoms with E-state index in [-0.39, 0.29) is 17.7 Å². The molecule has 2 aromatic carbocycles. The maximum Gasteiger partial charge on any atom is 0.338 e. The van der Waals surface area contributed by atoms with Gasteiger partial charge < -0.3 is 13.9 Å². The van der Waals surface area contributed by atoms with Gasteiger partial charge in [0.1, 0.15) is 29.0 Å². The van der Waals surface area contributed by atoms with Crippen LogP contribution in [0.2, 0.25) is 0 Å². The van der Waals surface area contributed by atoms with E-state index in [4.69, 9.17) is 13.9 Å². The average molecular weight is 544 g/mol. The summed E-state index contributed by atoms with van der Waals surface area (Å²) in [5.41, 5.74) is 2.86. The first kappa shape index (κ1) is 26.1. The van der Waals surface area contributed by atoms with Crippen LogP contribution in [0.25, 0.3) is 17.4 Å². The Kier molecular flexibility index (Phi) is 7.12. The lowest BCUT2D eigenvalue weighted by Gasteiger charge is -2.25. The summed E-state index contributed by atoms with van der Waals surface area (Å²) < 4.78 is 18.8. The molecule has 4 aromatic rings. The van der Waals surface area contributed by atoms with Crippen molar-refractivity contribution >= 4 is 29.1 Å². The minimum atomic E-state index is -0.785. The van der Waals surface area contributed by atoms with E-state index < -0.39 is 12.0 Å². The van der Waals surface area contributed by atoms with Crippen molar-refractivity contribution in [1.82, 2.24) is 4.57 Å². The number of aryl methyl sites for hydroxylation is 1. The van der Waals surface area contributed by atoms with E-state index in [0.717, 1.165) is 5.56 Å². The van der Waals surface area contributed by atoms with Gasteiger partial charge in [0.25, 0.3) is 5.56 Å². The number of thiazole rings is 1. The van der Waals surface area contributed by atoms with Crippen LogP contribution in [0.4, 0.5) is 5.69 Å². The first-order valence-corrected chi connectivity index (χ1v) is 13.0. The summed E-state index contributed by atoms with van der Waals surface area (Å²) in [4.78, 5) is 43.0. The van der Waals surface area contributed by atoms with Gasteiger partial charge in [0.2, 0.25) is 0 Å². The van der Waals surface area contributed by atoms with Crippen LogP contribution in [-0.2, 0) is 9.53 Å². The van der Waals surface area contributed by atoms with Gasteiger partial charge in [0.15, 0.2) is 4.80 Å². The molecule has 0 amide bonds. The topological polar surface area (TPSA) is 112 Å². The Hall–Kier alpha value is -4.57. The highest BCUT2D eigenvalue weighted by Crippen LogP contribution is 2.35. The third kappa shape index (κ3) is 4.74. The zero-order valence-electron chi connectivity index (χ0n) is 21.8. The number of nitrogens with zero attached hydrogens (tertiary/aromatic N) is 3. The van der Waals surface area contributed by atoms with Gasteiger partial charge >= 0.3 is 5.97 Å². The van der Waals surface area contributed by atoms with Crippen molar-refractivity contribution in [1.29, 1.82) is 0 Å². The molecule has 198 valence electrons. The molecule has 0 fully saturated rings. The summed E-state index contributed by atoms with van der Waals surface area (Å²) in [7, 11) is 1.54. The van der Waals surface area contributed by atoms with Crippen LogP contribution in [0, 0.1) is 11.8 Å². The number of ether oxygens (including phenoxy) is 2. The molecule has 10 heteroatoms. The van der Waals surface area contributed by atoms with Crippen LogP contribution in [0.5, 0.6) is 5.75 Å². The lowest BCUT2D eigenvalue weighted by molar-refractivity contribution is -0.139. The lowest BCUT2D eigenvalue weighted by Crippen LogP contribution is -2.40. The molecule has 0 radical (unpaired) electrons. The van der Waals surface area contributed by atoms with E-state index in [1.807, 2.05) is 24.3 Å². The molecule has 0 saturated carbocycles. The van der Waals surface area contributed by atoms with Gasteiger partial charge in [0, 0.05) is 17.2 Å². The third-order valence-electron chi connectivity index (χ3n) is 6.44. The summed E-state index contributed by atoms with van der Waals surface area (Å²) in [5, 5.41) is 3.06. The number of carbonyl (C=O) groups is 1. The number of carbonyl (C=O) groups excluding carboxylic acids is 1. The zero-order valence-corrected chi connectivity index (χ0v) is 22.6. The van der Waals surface area contributed by atoms with Crippen molar-refractivity contribution in [2.45, 2.75) is 26.8 Å². The van der Waals surface area contributed by atoms with E-state index in [1.54, 1.807) is 64.3 Å². The maximum absolute atomic E-state index is 13.8. The standard InChI is InChI=1S/C29H25N3O6S/c1-5-37-28(34)25-17(3)30-29-32(26(25)20-8-6-7-9-23(20)36-4)27(33)24(39-29)15-19-12-13-22(38-19)18-11-10-16(2)21(14-18)31-35/h6-15,26H,5H2,1-4H3. The second-order valence-electron chi connectivity index (χ2n) is 8.84. The highest BCUT2D eigenvalue weighted by molar-refractivity contribution is 7.07. The largest absolute Gasteiger partial charge is 0.496 e. The number of fused-ring (bicyclic) bond motifs is 1. The zero-order chi connectivity index (χ0) is 27.7. The number of hydrogen-bond donors (Lipinski definition) is 0. The number of nitroso groups, excluding NO2 is 1. The van der Waals surface area contributed by atoms with Gasteiger partial charge in [-0.3, -0.25) is 9.36 Å². The molecule has 0 spiro atoms. The minimum Gasteiger partial charge on any atom is -0.496 e. The quantitative estimate of drug-likeness (QED) is 0.245. The van der Waals surface area contributed by atoms with E-state index in [2.05, 4.69) is 10.2 Å². The maximum atomic E-state index is 13.8. The normalized spacial score (nSPS) is 15.1. The second-order valence-corrected chi connectivity index (χ2v) is 9.85. The third-order valence-corrected chi connectivity index (χ3v) is 7.43. The fraction of sp³-hybridized carbons (Fsp3) is 0.207. The molecular formula is C29H25N3O6S. The minimum absolute atomic E-state index is 0.185. The molecule has 39 heavy (non-hydrogen) atoms. The summed E-state index contributed by atoms with van der Waals surface area (Å²) >= 11 is 1.20. The van der Waals surface area contributed by atoms with Crippen molar-refractivity contribution in [2.75, 3.05) is 13.7 Å². The Morgan fingerprint density at radius 2 is 1.97 bits per heavy atom. The van der Waals surface area contributed by atoms with E-state index in [1.165, 1.54) is 15.9 Å². The fourth-order valence-corrected chi connectivity index (χ4v) is 5.58. The van der Waals surface area contributed by atoms with Crippen molar-refractivity contribution in [3.8, 4) is 17.1 Å². The summed E-state index contributed by atoms with van der Waals surface area (Å²) in [5.74, 6) is 0.978. The average Bonchev–Trinajstić information content (AvgIpc) is 3.52. The fourth-order valence-electron chi connectivity index (χ4n) is 4.55. The number of aromatic nitrogens is 1. The van der Waals surface area contributed by atoms with Crippen molar-refractivity contribution in [2.24, 2.45) is 10.2 Å². The van der Waals surface area contributed by atoms with Crippen molar-refractivity contribution < 1.29 is 18.7 Å². The van der Waals surface area contributed by atoms with Gasteiger partial charge in [-0.2, -0.15) is 0 Å². The van der Waals surface area contributed by atoms with E-state index >= 15 is 0 Å². The SMILES string of the molecule is CCOC(=O)C1=C(C)N=c2sc(=Cc3ccc(-c4ccc(C)c(N=O)c4)o3)c(=O)n2C1c1ccccc1OC. The van der Waals surface area contributed by atoms with Gasteiger partial charge in [-0.1, -0.05) is 41.7 Å². The Morgan fingerprint density at radius 1 is 1.18 bits per heavy atom. The van der Waals surface area contributed by atoms with Gasteiger partial charge in [-0.15, -0.1) is 4.91 Å². The van der Waals surface area contributed by atoms with Crippen LogP contribution in [-0.4, -0.2) is 24.3 Å². The molecule has 3 heterocycles. The van der Waals surface area contributed by atoms with Crippen LogP contribution >= 0.6 is 11.3 Å². The molecule has 0 N–H and O–H groups in total. The molecule has 1 aliphatic rings. The number of benzene rings is 2. The molecule has 1 unspecified atom stereocenters. The van der Waals surface area contributed by atoms with E-state index in [0.29, 0.717) is 49.1 Å². The number of para-hydroxylation sites is 1. The van der Waals surface area contributed by atoms with Crippen molar-refractivity contribution in [3.63, 3.8) is 0 Å². The molecule has 9 nitrogen and oxygen atoms in total. The Labute approximate surface area is 227 Å². The summed E-state index contributed by atoms with van der Waals surface area (Å²) in [6.07, 6.45) is 1.64. The van der Waals surface area contributed by atoms with Gasteiger partial charge in [0.05, 0.1) is 29.5 Å². The highest BCUT2D eigenvalue weighted by Gasteiger charge is 2.35. The van der Waals surface area contributed by atoms with Crippen molar-refractivity contribution in [3.05, 3.63) is 107 Å². The number of rotatable bonds is 7. The Balaban J connectivity index is 1.64. The molecule has 1 atom stereocenters. The summed E-state index contributed by atoms with van der Waals surface area (Å²) in [6, 6.07) is 15.3. The highest BCUT2D eigenvalue weighted by atomic mass is 32.1. The van der Waals surface area contributed by atoms with Gasteiger partial charge in [-0.05, 0) is 55.8 Å². The monoisotopic (exact) mass is 543 g/mol. The molecular weight excluding hydrogens is 518 g/mol. The van der Waals surface area contributed by atoms with Crippen LogP contribution in [0.15, 0.2) is 85.2 Å². The molecule has 5 rings (SSSR count). The molecule has 2 aromatic heterocycles. The Morgan fingerprint density at radius 3 is 2.72 bits per heavy atom. The van der Waals surface area contributed by atoms with Crippen LogP contribution in [0.3, 0.4) is 0 Å².